The van der Waals surface area contributed by atoms with Crippen molar-refractivity contribution in [2.45, 2.75) is 5.41 Å². The van der Waals surface area contributed by atoms with E-state index < -0.39 is 5.41 Å². The first kappa shape index (κ1) is 32.6. The highest BCUT2D eigenvalue weighted by molar-refractivity contribution is 6.13. The number of para-hydroxylation sites is 3. The summed E-state index contributed by atoms with van der Waals surface area (Å²) in [6.45, 7) is 0. The van der Waals surface area contributed by atoms with Gasteiger partial charge in [-0.1, -0.05) is 170 Å². The predicted molar refractivity (Wildman–Crippen MR) is 238 cm³/mol. The Morgan fingerprint density at radius 2 is 0.862 bits per heavy atom. The maximum atomic E-state index is 7.20. The first-order valence-electron chi connectivity index (χ1n) is 19.8. The molecule has 0 aliphatic heterocycles. The minimum Gasteiger partial charge on any atom is -0.456 e. The fourth-order valence-corrected chi connectivity index (χ4v) is 9.72. The van der Waals surface area contributed by atoms with Crippen LogP contribution in [0.3, 0.4) is 0 Å². The molecule has 3 heteroatoms. The lowest BCUT2D eigenvalue weighted by Crippen LogP contribution is -2.31. The lowest BCUT2D eigenvalue weighted by atomic mass is 9.66. The number of hydrogen-bond acceptors (Lipinski definition) is 3. The minimum atomic E-state index is -0.763. The van der Waals surface area contributed by atoms with Crippen molar-refractivity contribution in [3.05, 3.63) is 235 Å². The summed E-state index contributed by atoms with van der Waals surface area (Å²) in [6, 6.07) is 76.1. The quantitative estimate of drug-likeness (QED) is 0.170. The first-order valence-corrected chi connectivity index (χ1v) is 19.8. The van der Waals surface area contributed by atoms with Crippen molar-refractivity contribution in [1.29, 1.82) is 0 Å². The zero-order valence-corrected chi connectivity index (χ0v) is 31.5. The molecule has 0 N–H and O–H groups in total. The van der Waals surface area contributed by atoms with Gasteiger partial charge in [0.05, 0.1) is 16.8 Å². The van der Waals surface area contributed by atoms with Crippen molar-refractivity contribution in [3.63, 3.8) is 0 Å². The van der Waals surface area contributed by atoms with E-state index in [2.05, 4.69) is 211 Å². The maximum absolute atomic E-state index is 7.20. The van der Waals surface area contributed by atoms with Crippen molar-refractivity contribution in [1.82, 2.24) is 0 Å². The van der Waals surface area contributed by atoms with Crippen LogP contribution in [-0.4, -0.2) is 0 Å². The van der Waals surface area contributed by atoms with Crippen molar-refractivity contribution >= 4 is 60.9 Å². The van der Waals surface area contributed by atoms with E-state index in [0.717, 1.165) is 72.1 Å². The van der Waals surface area contributed by atoms with Gasteiger partial charge in [-0.05, 0) is 81.4 Å². The summed E-state index contributed by atoms with van der Waals surface area (Å²) in [5.74, 6) is 0. The van der Waals surface area contributed by atoms with Gasteiger partial charge in [-0.25, -0.2) is 0 Å². The molecule has 1 aliphatic carbocycles. The second-order valence-corrected chi connectivity index (χ2v) is 15.1. The maximum Gasteiger partial charge on any atom is 0.159 e. The molecular weight excluding hydrogens is 707 g/mol. The first-order chi connectivity index (χ1) is 28.8. The second-order valence-electron chi connectivity index (χ2n) is 15.1. The molecule has 9 aromatic carbocycles. The van der Waals surface area contributed by atoms with Crippen LogP contribution in [0.15, 0.2) is 221 Å². The van der Waals surface area contributed by atoms with Crippen LogP contribution in [0.25, 0.3) is 66.1 Å². The van der Waals surface area contributed by atoms with Gasteiger partial charge in [0.15, 0.2) is 5.58 Å². The van der Waals surface area contributed by atoms with Crippen LogP contribution < -0.4 is 4.90 Å². The van der Waals surface area contributed by atoms with E-state index in [1.54, 1.807) is 0 Å². The Hall–Kier alpha value is -7.62. The van der Waals surface area contributed by atoms with Crippen LogP contribution in [0.5, 0.6) is 0 Å². The zero-order valence-electron chi connectivity index (χ0n) is 31.5. The molecule has 0 saturated heterocycles. The Morgan fingerprint density at radius 3 is 1.53 bits per heavy atom. The summed E-state index contributed by atoms with van der Waals surface area (Å²) in [5, 5.41) is 4.32. The molecule has 0 atom stereocenters. The van der Waals surface area contributed by atoms with Crippen LogP contribution >= 0.6 is 0 Å². The number of fused-ring (bicyclic) bond motifs is 9. The minimum absolute atomic E-state index is 0.763. The average molecular weight is 742 g/mol. The Morgan fingerprint density at radius 1 is 0.345 bits per heavy atom. The lowest BCUT2D eigenvalue weighted by molar-refractivity contribution is 0.648. The summed E-state index contributed by atoms with van der Waals surface area (Å²) < 4.78 is 14.1. The van der Waals surface area contributed by atoms with Gasteiger partial charge in [-0.15, -0.1) is 0 Å². The van der Waals surface area contributed by atoms with Crippen LogP contribution in [-0.2, 0) is 5.41 Å². The van der Waals surface area contributed by atoms with Crippen molar-refractivity contribution < 1.29 is 8.83 Å². The Kier molecular flexibility index (Phi) is 7.14. The molecular formula is C55H35NO2. The van der Waals surface area contributed by atoms with E-state index in [9.17, 15) is 0 Å². The fourth-order valence-electron chi connectivity index (χ4n) is 9.72. The summed E-state index contributed by atoms with van der Waals surface area (Å²) in [4.78, 5) is 2.40. The van der Waals surface area contributed by atoms with E-state index in [4.69, 9.17) is 8.83 Å². The SMILES string of the molecule is c1ccc(-c2ccc(N(c3ccc4c(oc5ccccc54)c3C3(c4ccccc4)c4ccccc4-c4ccccc43)c3cccc4c3oc3ccccc34)cc2)cc1. The monoisotopic (exact) mass is 741 g/mol. The molecule has 0 unspecified atom stereocenters. The van der Waals surface area contributed by atoms with Gasteiger partial charge >= 0.3 is 0 Å². The third-order valence-corrected chi connectivity index (χ3v) is 12.2. The van der Waals surface area contributed by atoms with Gasteiger partial charge < -0.3 is 13.7 Å². The van der Waals surface area contributed by atoms with E-state index in [-0.39, 0.29) is 0 Å². The standard InChI is InChI=1S/C55H35NO2/c1-3-16-36(17-4-1)37-30-32-39(33-31-37)56(49-27-15-24-44-42-22-9-13-28-50(42)57-53(44)49)48-35-34-45-43-23-10-14-29-51(43)58-54(45)52(48)55(38-18-5-2-6-19-38)46-25-11-7-20-40(46)41-21-8-12-26-47(41)55/h1-35H. The number of hydrogen-bond donors (Lipinski definition) is 0. The third kappa shape index (κ3) is 4.62. The highest BCUT2D eigenvalue weighted by Crippen LogP contribution is 2.61. The van der Waals surface area contributed by atoms with E-state index in [0.29, 0.717) is 0 Å². The Balaban J connectivity index is 1.26. The number of benzene rings is 9. The molecule has 2 heterocycles. The highest BCUT2D eigenvalue weighted by atomic mass is 16.3. The molecule has 0 bridgehead atoms. The number of anilines is 3. The lowest BCUT2D eigenvalue weighted by Gasteiger charge is -2.38. The molecule has 1 aliphatic rings. The molecule has 0 amide bonds. The molecule has 0 saturated carbocycles. The fraction of sp³-hybridized carbons (Fsp3) is 0.0182. The van der Waals surface area contributed by atoms with Crippen molar-refractivity contribution in [2.75, 3.05) is 4.90 Å². The summed E-state index contributed by atoms with van der Waals surface area (Å²) in [5.41, 5.74) is 15.0. The van der Waals surface area contributed by atoms with Crippen LogP contribution in [0.1, 0.15) is 22.3 Å². The molecule has 272 valence electrons. The topological polar surface area (TPSA) is 29.5 Å². The van der Waals surface area contributed by atoms with Crippen LogP contribution in [0.4, 0.5) is 17.1 Å². The van der Waals surface area contributed by atoms with Crippen LogP contribution in [0.2, 0.25) is 0 Å². The van der Waals surface area contributed by atoms with Gasteiger partial charge in [0.2, 0.25) is 0 Å². The Bertz CT molecular complexity index is 3290. The summed E-state index contributed by atoms with van der Waals surface area (Å²) >= 11 is 0. The van der Waals surface area contributed by atoms with Gasteiger partial charge in [0.1, 0.15) is 16.7 Å². The molecule has 12 rings (SSSR count). The number of furan rings is 2. The van der Waals surface area contributed by atoms with E-state index in [1.165, 1.54) is 33.4 Å². The van der Waals surface area contributed by atoms with Gasteiger partial charge in [0.25, 0.3) is 0 Å². The highest BCUT2D eigenvalue weighted by Gasteiger charge is 2.49. The molecule has 0 radical (unpaired) electrons. The number of rotatable bonds is 6. The molecule has 0 spiro atoms. The smallest absolute Gasteiger partial charge is 0.159 e. The third-order valence-electron chi connectivity index (χ3n) is 12.2. The largest absolute Gasteiger partial charge is 0.456 e. The summed E-state index contributed by atoms with van der Waals surface area (Å²) in [7, 11) is 0. The van der Waals surface area contributed by atoms with Crippen molar-refractivity contribution in [3.8, 4) is 22.3 Å². The zero-order chi connectivity index (χ0) is 38.2. The second kappa shape index (κ2) is 12.7. The van der Waals surface area contributed by atoms with Crippen molar-refractivity contribution in [2.24, 2.45) is 0 Å². The number of nitrogens with zero attached hydrogens (tertiary/aromatic N) is 1. The summed E-state index contributed by atoms with van der Waals surface area (Å²) in [6.07, 6.45) is 0. The normalized spacial score (nSPS) is 13.0. The molecule has 3 nitrogen and oxygen atoms in total. The predicted octanol–water partition coefficient (Wildman–Crippen LogP) is 15.0. The molecule has 11 aromatic rings. The Labute approximate surface area is 335 Å². The van der Waals surface area contributed by atoms with E-state index in [1.807, 2.05) is 6.07 Å². The van der Waals surface area contributed by atoms with E-state index >= 15 is 0 Å². The average Bonchev–Trinajstić information content (AvgIpc) is 3.96. The van der Waals surface area contributed by atoms with Crippen LogP contribution in [0, 0.1) is 0 Å². The van der Waals surface area contributed by atoms with Gasteiger partial charge in [0, 0.05) is 32.8 Å². The molecule has 0 fully saturated rings. The van der Waals surface area contributed by atoms with Gasteiger partial charge in [-0.3, -0.25) is 0 Å². The molecule has 58 heavy (non-hydrogen) atoms. The molecule has 2 aromatic heterocycles. The van der Waals surface area contributed by atoms with Gasteiger partial charge in [-0.2, -0.15) is 0 Å².